The molecule has 17 heavy (non-hydrogen) atoms. The molecular formula is C12H16BrFN2S. The average Bonchev–Trinajstić information content (AvgIpc) is 2.73. The van der Waals surface area contributed by atoms with Crippen molar-refractivity contribution in [3.8, 4) is 0 Å². The van der Waals surface area contributed by atoms with Crippen LogP contribution in [0, 0.1) is 5.82 Å². The molecule has 0 amide bonds. The third kappa shape index (κ3) is 2.88. The second-order valence-corrected chi connectivity index (χ2v) is 6.24. The topological polar surface area (TPSA) is 38.0 Å². The van der Waals surface area contributed by atoms with E-state index in [9.17, 15) is 4.39 Å². The first-order valence-electron chi connectivity index (χ1n) is 5.65. The van der Waals surface area contributed by atoms with Gasteiger partial charge in [0.15, 0.2) is 0 Å². The number of benzene rings is 1. The SMILES string of the molecule is CSC1CCCC1Nc1cc(Br)c(F)cc1N. The lowest BCUT2D eigenvalue weighted by atomic mass is 10.2. The molecule has 5 heteroatoms. The Morgan fingerprint density at radius 3 is 2.94 bits per heavy atom. The van der Waals surface area contributed by atoms with Gasteiger partial charge in [-0.1, -0.05) is 6.42 Å². The number of thioether (sulfide) groups is 1. The molecule has 2 unspecified atom stereocenters. The largest absolute Gasteiger partial charge is 0.397 e. The van der Waals surface area contributed by atoms with Gasteiger partial charge in [0, 0.05) is 17.4 Å². The van der Waals surface area contributed by atoms with Gasteiger partial charge in [-0.05, 0) is 41.1 Å². The normalized spacial score (nSPS) is 23.9. The molecule has 0 spiro atoms. The number of rotatable bonds is 3. The van der Waals surface area contributed by atoms with Crippen LogP contribution in [0.15, 0.2) is 16.6 Å². The molecule has 2 atom stereocenters. The van der Waals surface area contributed by atoms with Gasteiger partial charge in [-0.15, -0.1) is 0 Å². The van der Waals surface area contributed by atoms with Gasteiger partial charge in [-0.3, -0.25) is 0 Å². The highest BCUT2D eigenvalue weighted by molar-refractivity contribution is 9.10. The fraction of sp³-hybridized carbons (Fsp3) is 0.500. The summed E-state index contributed by atoms with van der Waals surface area (Å²) < 4.78 is 13.7. The van der Waals surface area contributed by atoms with E-state index in [1.165, 1.54) is 18.9 Å². The van der Waals surface area contributed by atoms with Crippen molar-refractivity contribution in [1.82, 2.24) is 0 Å². The van der Waals surface area contributed by atoms with Crippen molar-refractivity contribution in [2.75, 3.05) is 17.3 Å². The Morgan fingerprint density at radius 1 is 1.47 bits per heavy atom. The maximum absolute atomic E-state index is 13.3. The lowest BCUT2D eigenvalue weighted by Crippen LogP contribution is -2.26. The minimum atomic E-state index is -0.319. The van der Waals surface area contributed by atoms with Gasteiger partial charge in [0.05, 0.1) is 15.8 Å². The fourth-order valence-electron chi connectivity index (χ4n) is 2.26. The van der Waals surface area contributed by atoms with E-state index in [1.54, 1.807) is 6.07 Å². The molecular weight excluding hydrogens is 303 g/mol. The van der Waals surface area contributed by atoms with E-state index in [4.69, 9.17) is 5.73 Å². The maximum Gasteiger partial charge on any atom is 0.139 e. The van der Waals surface area contributed by atoms with Gasteiger partial charge in [0.2, 0.25) is 0 Å². The zero-order chi connectivity index (χ0) is 12.4. The predicted octanol–water partition coefficient (Wildman–Crippen LogP) is 3.87. The van der Waals surface area contributed by atoms with Gasteiger partial charge in [-0.2, -0.15) is 11.8 Å². The third-order valence-electron chi connectivity index (χ3n) is 3.19. The molecule has 1 aliphatic carbocycles. The summed E-state index contributed by atoms with van der Waals surface area (Å²) in [4.78, 5) is 0. The summed E-state index contributed by atoms with van der Waals surface area (Å²) in [6.07, 6.45) is 5.76. The molecule has 1 saturated carbocycles. The van der Waals surface area contributed by atoms with Crippen LogP contribution >= 0.6 is 27.7 Å². The molecule has 0 saturated heterocycles. The first-order valence-corrected chi connectivity index (χ1v) is 7.73. The van der Waals surface area contributed by atoms with Gasteiger partial charge in [0.25, 0.3) is 0 Å². The van der Waals surface area contributed by atoms with Gasteiger partial charge >= 0.3 is 0 Å². The van der Waals surface area contributed by atoms with Crippen molar-refractivity contribution in [2.45, 2.75) is 30.6 Å². The molecule has 2 rings (SSSR count). The molecule has 0 aliphatic heterocycles. The maximum atomic E-state index is 13.3. The van der Waals surface area contributed by atoms with E-state index >= 15 is 0 Å². The summed E-state index contributed by atoms with van der Waals surface area (Å²) in [5, 5.41) is 4.06. The highest BCUT2D eigenvalue weighted by atomic mass is 79.9. The number of nitrogen functional groups attached to an aromatic ring is 1. The van der Waals surface area contributed by atoms with E-state index in [-0.39, 0.29) is 5.82 Å². The van der Waals surface area contributed by atoms with Crippen molar-refractivity contribution < 1.29 is 4.39 Å². The molecule has 0 heterocycles. The number of hydrogen-bond acceptors (Lipinski definition) is 3. The van der Waals surface area contributed by atoms with E-state index < -0.39 is 0 Å². The Bertz CT molecular complexity index is 414. The minimum Gasteiger partial charge on any atom is -0.397 e. The number of nitrogens with one attached hydrogen (secondary N) is 1. The van der Waals surface area contributed by atoms with Crippen molar-refractivity contribution in [1.29, 1.82) is 0 Å². The van der Waals surface area contributed by atoms with E-state index in [2.05, 4.69) is 27.5 Å². The lowest BCUT2D eigenvalue weighted by molar-refractivity contribution is 0.621. The second kappa shape index (κ2) is 5.48. The summed E-state index contributed by atoms with van der Waals surface area (Å²) in [5.41, 5.74) is 7.12. The number of hydrogen-bond donors (Lipinski definition) is 2. The molecule has 0 bridgehead atoms. The van der Waals surface area contributed by atoms with Crippen LogP contribution in [0.1, 0.15) is 19.3 Å². The van der Waals surface area contributed by atoms with E-state index in [0.29, 0.717) is 21.5 Å². The van der Waals surface area contributed by atoms with Crippen LogP contribution in [-0.4, -0.2) is 17.5 Å². The smallest absolute Gasteiger partial charge is 0.139 e. The first-order chi connectivity index (χ1) is 8.11. The molecule has 1 fully saturated rings. The molecule has 0 radical (unpaired) electrons. The van der Waals surface area contributed by atoms with E-state index in [1.807, 2.05) is 11.8 Å². The summed E-state index contributed by atoms with van der Waals surface area (Å²) in [5.74, 6) is -0.319. The van der Waals surface area contributed by atoms with E-state index in [0.717, 1.165) is 12.1 Å². The van der Waals surface area contributed by atoms with Crippen LogP contribution in [0.3, 0.4) is 0 Å². The molecule has 2 nitrogen and oxygen atoms in total. The lowest BCUT2D eigenvalue weighted by Gasteiger charge is -2.21. The highest BCUT2D eigenvalue weighted by Gasteiger charge is 2.26. The first kappa shape index (κ1) is 13.0. The average molecular weight is 319 g/mol. The van der Waals surface area contributed by atoms with Crippen LogP contribution in [0.4, 0.5) is 15.8 Å². The van der Waals surface area contributed by atoms with Crippen molar-refractivity contribution >= 4 is 39.1 Å². The number of nitrogens with two attached hydrogens (primary N) is 1. The standard InChI is InChI=1S/C12H16BrFN2S/c1-17-12-4-2-3-10(12)16-11-5-7(13)8(14)6-9(11)15/h5-6,10,12,16H,2-4,15H2,1H3. The van der Waals surface area contributed by atoms with Crippen molar-refractivity contribution in [3.63, 3.8) is 0 Å². The Morgan fingerprint density at radius 2 is 2.24 bits per heavy atom. The van der Waals surface area contributed by atoms with Gasteiger partial charge in [-0.25, -0.2) is 4.39 Å². The zero-order valence-electron chi connectivity index (χ0n) is 9.67. The van der Waals surface area contributed by atoms with Crippen molar-refractivity contribution in [3.05, 3.63) is 22.4 Å². The Balaban J connectivity index is 2.15. The molecule has 94 valence electrons. The Labute approximate surface area is 114 Å². The van der Waals surface area contributed by atoms with Crippen LogP contribution in [0.25, 0.3) is 0 Å². The number of anilines is 2. The summed E-state index contributed by atoms with van der Waals surface area (Å²) >= 11 is 5.07. The Hall–Kier alpha value is -0.420. The summed E-state index contributed by atoms with van der Waals surface area (Å²) in [7, 11) is 0. The molecule has 1 aromatic rings. The minimum absolute atomic E-state index is 0.319. The van der Waals surface area contributed by atoms with Gasteiger partial charge in [0.1, 0.15) is 5.82 Å². The van der Waals surface area contributed by atoms with Crippen molar-refractivity contribution in [2.24, 2.45) is 0 Å². The monoisotopic (exact) mass is 318 g/mol. The summed E-state index contributed by atoms with van der Waals surface area (Å²) in [6.45, 7) is 0. The highest BCUT2D eigenvalue weighted by Crippen LogP contribution is 2.33. The molecule has 3 N–H and O–H groups in total. The molecule has 0 aromatic heterocycles. The summed E-state index contributed by atoms with van der Waals surface area (Å²) in [6, 6.07) is 3.51. The molecule has 1 aliphatic rings. The second-order valence-electron chi connectivity index (χ2n) is 4.31. The fourth-order valence-corrected chi connectivity index (χ4v) is 3.54. The van der Waals surface area contributed by atoms with Crippen LogP contribution in [0.2, 0.25) is 0 Å². The van der Waals surface area contributed by atoms with Crippen LogP contribution in [-0.2, 0) is 0 Å². The zero-order valence-corrected chi connectivity index (χ0v) is 12.1. The van der Waals surface area contributed by atoms with Crippen LogP contribution in [0.5, 0.6) is 0 Å². The number of halogens is 2. The predicted molar refractivity (Wildman–Crippen MR) is 77.1 cm³/mol. The quantitative estimate of drug-likeness (QED) is 0.831. The van der Waals surface area contributed by atoms with Gasteiger partial charge < -0.3 is 11.1 Å². The molecule has 1 aromatic carbocycles. The third-order valence-corrected chi connectivity index (χ3v) is 4.97. The Kier molecular flexibility index (Phi) is 4.20. The van der Waals surface area contributed by atoms with Crippen LogP contribution < -0.4 is 11.1 Å².